The van der Waals surface area contributed by atoms with Crippen molar-refractivity contribution >= 4 is 17.5 Å². The lowest BCUT2D eigenvalue weighted by atomic mass is 10.2. The number of anilines is 1. The van der Waals surface area contributed by atoms with Gasteiger partial charge >= 0.3 is 0 Å². The second-order valence-corrected chi connectivity index (χ2v) is 5.52. The summed E-state index contributed by atoms with van der Waals surface area (Å²) in [7, 11) is 1.75. The zero-order valence-electron chi connectivity index (χ0n) is 12.6. The summed E-state index contributed by atoms with van der Waals surface area (Å²) in [5, 5.41) is 2.79. The fraction of sp³-hybridized carbons (Fsp3) is 0.312. The van der Waals surface area contributed by atoms with Crippen LogP contribution in [-0.4, -0.2) is 33.4 Å². The number of amides is 2. The van der Waals surface area contributed by atoms with Crippen LogP contribution in [0.25, 0.3) is 0 Å². The minimum absolute atomic E-state index is 0.0431. The lowest BCUT2D eigenvalue weighted by molar-refractivity contribution is -0.118. The van der Waals surface area contributed by atoms with Gasteiger partial charge in [-0.3, -0.25) is 9.59 Å². The van der Waals surface area contributed by atoms with Crippen LogP contribution in [0.1, 0.15) is 24.0 Å². The minimum atomic E-state index is -0.514. The van der Waals surface area contributed by atoms with Crippen molar-refractivity contribution < 1.29 is 9.59 Å². The minimum Gasteiger partial charge on any atom is -0.337 e. The zero-order chi connectivity index (χ0) is 15.7. The average Bonchev–Trinajstić information content (AvgIpc) is 3.04. The highest BCUT2D eigenvalue weighted by Gasteiger charge is 2.39. The number of hydrogen-bond donors (Lipinski definition) is 1. The molecule has 6 heteroatoms. The van der Waals surface area contributed by atoms with E-state index in [4.69, 9.17) is 0 Å². The van der Waals surface area contributed by atoms with Crippen LogP contribution < -0.4 is 10.2 Å². The molecule has 1 aliphatic rings. The smallest absolute Gasteiger partial charge is 0.287 e. The van der Waals surface area contributed by atoms with Gasteiger partial charge in [-0.05, 0) is 25.5 Å². The topological polar surface area (TPSA) is 67.2 Å². The van der Waals surface area contributed by atoms with Gasteiger partial charge < -0.3 is 14.8 Å². The molecule has 6 nitrogen and oxygen atoms in total. The molecule has 2 heterocycles. The van der Waals surface area contributed by atoms with E-state index in [-0.39, 0.29) is 17.9 Å². The molecule has 114 valence electrons. The normalized spacial score (nSPS) is 21.2. The van der Waals surface area contributed by atoms with Gasteiger partial charge in [-0.25, -0.2) is 4.98 Å². The Kier molecular flexibility index (Phi) is 3.66. The predicted molar refractivity (Wildman–Crippen MR) is 82.5 cm³/mol. The van der Waals surface area contributed by atoms with Crippen LogP contribution in [0.3, 0.4) is 0 Å². The Balaban J connectivity index is 1.76. The molecule has 0 aliphatic carbocycles. The number of aromatic nitrogens is 2. The molecule has 1 aromatic carbocycles. The fourth-order valence-corrected chi connectivity index (χ4v) is 2.83. The lowest BCUT2D eigenvalue weighted by Gasteiger charge is -2.21. The van der Waals surface area contributed by atoms with Crippen LogP contribution in [0, 0.1) is 0 Å². The van der Waals surface area contributed by atoms with E-state index in [1.165, 1.54) is 0 Å². The molecular weight excluding hydrogens is 280 g/mol. The Bertz CT molecular complexity index is 695. The highest BCUT2D eigenvalue weighted by molar-refractivity contribution is 6.03. The van der Waals surface area contributed by atoms with Crippen molar-refractivity contribution in [3.05, 3.63) is 48.5 Å². The van der Waals surface area contributed by atoms with Gasteiger partial charge in [0.15, 0.2) is 5.82 Å². The summed E-state index contributed by atoms with van der Waals surface area (Å²) in [6.07, 6.45) is 3.85. The van der Waals surface area contributed by atoms with Crippen molar-refractivity contribution in [1.29, 1.82) is 0 Å². The number of para-hydroxylation sites is 1. The SMILES string of the molecule is C[C@H]1C[C@@H](NC(=O)c2nccn2C)C(=O)N1c1ccccc1. The molecule has 1 fully saturated rings. The number of hydrogen-bond acceptors (Lipinski definition) is 3. The van der Waals surface area contributed by atoms with Gasteiger partial charge in [-0.1, -0.05) is 18.2 Å². The van der Waals surface area contributed by atoms with Gasteiger partial charge in [0.1, 0.15) is 6.04 Å². The third-order valence-corrected chi connectivity index (χ3v) is 3.92. The van der Waals surface area contributed by atoms with Crippen molar-refractivity contribution in [2.75, 3.05) is 4.90 Å². The number of imidazole rings is 1. The summed E-state index contributed by atoms with van der Waals surface area (Å²) >= 11 is 0. The van der Waals surface area contributed by atoms with Gasteiger partial charge in [0, 0.05) is 31.2 Å². The number of nitrogens with zero attached hydrogens (tertiary/aromatic N) is 3. The number of nitrogens with one attached hydrogen (secondary N) is 1. The molecule has 1 saturated heterocycles. The maximum absolute atomic E-state index is 12.6. The number of carbonyl (C=O) groups excluding carboxylic acids is 2. The quantitative estimate of drug-likeness (QED) is 0.930. The summed E-state index contributed by atoms with van der Waals surface area (Å²) in [6.45, 7) is 1.98. The van der Waals surface area contributed by atoms with Crippen molar-refractivity contribution in [2.24, 2.45) is 7.05 Å². The maximum atomic E-state index is 12.6. The summed E-state index contributed by atoms with van der Waals surface area (Å²) < 4.78 is 1.63. The van der Waals surface area contributed by atoms with Crippen LogP contribution in [0.15, 0.2) is 42.7 Å². The molecule has 2 aromatic rings. The van der Waals surface area contributed by atoms with Gasteiger partial charge in [0.25, 0.3) is 5.91 Å². The second kappa shape index (κ2) is 5.63. The summed E-state index contributed by atoms with van der Waals surface area (Å²) in [5.41, 5.74) is 0.855. The molecule has 22 heavy (non-hydrogen) atoms. The Hall–Kier alpha value is -2.63. The number of carbonyl (C=O) groups is 2. The zero-order valence-corrected chi connectivity index (χ0v) is 12.6. The van der Waals surface area contributed by atoms with Crippen molar-refractivity contribution in [3.63, 3.8) is 0 Å². The highest BCUT2D eigenvalue weighted by Crippen LogP contribution is 2.26. The van der Waals surface area contributed by atoms with Crippen molar-refractivity contribution in [3.8, 4) is 0 Å². The summed E-state index contributed by atoms with van der Waals surface area (Å²) in [6, 6.07) is 9.04. The molecule has 0 spiro atoms. The third-order valence-electron chi connectivity index (χ3n) is 3.92. The Morgan fingerprint density at radius 3 is 2.68 bits per heavy atom. The van der Waals surface area contributed by atoms with E-state index in [1.54, 1.807) is 28.9 Å². The van der Waals surface area contributed by atoms with E-state index in [0.29, 0.717) is 12.2 Å². The number of aryl methyl sites for hydroxylation is 1. The first-order chi connectivity index (χ1) is 10.6. The monoisotopic (exact) mass is 298 g/mol. The standard InChI is InChI=1S/C16H18N4O2/c1-11-10-13(18-15(21)14-17-8-9-19(14)2)16(22)20(11)12-6-4-3-5-7-12/h3-9,11,13H,10H2,1-2H3,(H,18,21)/t11-,13+/m0/s1. The van der Waals surface area contributed by atoms with Gasteiger partial charge in [-0.15, -0.1) is 0 Å². The van der Waals surface area contributed by atoms with E-state index in [2.05, 4.69) is 10.3 Å². The number of rotatable bonds is 3. The van der Waals surface area contributed by atoms with E-state index in [0.717, 1.165) is 5.69 Å². The van der Waals surface area contributed by atoms with Gasteiger partial charge in [-0.2, -0.15) is 0 Å². The molecule has 1 N–H and O–H groups in total. The van der Waals surface area contributed by atoms with E-state index < -0.39 is 6.04 Å². The van der Waals surface area contributed by atoms with Crippen LogP contribution in [0.5, 0.6) is 0 Å². The van der Waals surface area contributed by atoms with Crippen molar-refractivity contribution in [1.82, 2.24) is 14.9 Å². The van der Waals surface area contributed by atoms with E-state index in [1.807, 2.05) is 37.3 Å². The highest BCUT2D eigenvalue weighted by atomic mass is 16.2. The Morgan fingerprint density at radius 2 is 2.05 bits per heavy atom. The second-order valence-electron chi connectivity index (χ2n) is 5.52. The van der Waals surface area contributed by atoms with Gasteiger partial charge in [0.05, 0.1) is 0 Å². The Morgan fingerprint density at radius 1 is 1.32 bits per heavy atom. The van der Waals surface area contributed by atoms with Crippen LogP contribution in [0.4, 0.5) is 5.69 Å². The first kappa shape index (κ1) is 14.3. The molecule has 0 radical (unpaired) electrons. The number of benzene rings is 1. The first-order valence-corrected chi connectivity index (χ1v) is 7.24. The Labute approximate surface area is 128 Å². The molecule has 2 amide bonds. The van der Waals surface area contributed by atoms with Gasteiger partial charge in [0.2, 0.25) is 5.91 Å². The maximum Gasteiger partial charge on any atom is 0.287 e. The van der Waals surface area contributed by atoms with E-state index >= 15 is 0 Å². The van der Waals surface area contributed by atoms with Crippen LogP contribution in [-0.2, 0) is 11.8 Å². The molecule has 3 rings (SSSR count). The van der Waals surface area contributed by atoms with Crippen LogP contribution in [0.2, 0.25) is 0 Å². The molecule has 0 bridgehead atoms. The molecule has 1 aliphatic heterocycles. The average molecular weight is 298 g/mol. The third kappa shape index (κ3) is 2.47. The molecule has 0 saturated carbocycles. The molecular formula is C16H18N4O2. The molecule has 1 aromatic heterocycles. The fourth-order valence-electron chi connectivity index (χ4n) is 2.83. The van der Waals surface area contributed by atoms with Crippen LogP contribution >= 0.6 is 0 Å². The van der Waals surface area contributed by atoms with Crippen molar-refractivity contribution in [2.45, 2.75) is 25.4 Å². The summed E-state index contributed by atoms with van der Waals surface area (Å²) in [4.78, 5) is 30.5. The largest absolute Gasteiger partial charge is 0.337 e. The van der Waals surface area contributed by atoms with E-state index in [9.17, 15) is 9.59 Å². The molecule has 2 atom stereocenters. The predicted octanol–water partition coefficient (Wildman–Crippen LogP) is 1.34. The lowest BCUT2D eigenvalue weighted by Crippen LogP contribution is -2.42. The first-order valence-electron chi connectivity index (χ1n) is 7.24. The molecule has 0 unspecified atom stereocenters. The summed E-state index contributed by atoms with van der Waals surface area (Å²) in [5.74, 6) is -0.104.